The quantitative estimate of drug-likeness (QED) is 0.501. The zero-order chi connectivity index (χ0) is 21.8. The number of aryl methyl sites for hydroxylation is 1. The van der Waals surface area contributed by atoms with Crippen molar-refractivity contribution in [3.8, 4) is 0 Å². The maximum absolute atomic E-state index is 13.3. The van der Waals surface area contributed by atoms with Crippen LogP contribution in [-0.2, 0) is 33.1 Å². The number of benzene rings is 1. The Labute approximate surface area is 186 Å². The predicted octanol–water partition coefficient (Wildman–Crippen LogP) is 4.09. The lowest BCUT2D eigenvalue weighted by Crippen LogP contribution is -2.32. The van der Waals surface area contributed by atoms with Crippen molar-refractivity contribution in [2.24, 2.45) is 0 Å². The van der Waals surface area contributed by atoms with Crippen LogP contribution in [0.1, 0.15) is 36.9 Å². The van der Waals surface area contributed by atoms with E-state index in [9.17, 15) is 13.2 Å². The Morgan fingerprint density at radius 2 is 1.97 bits per heavy atom. The van der Waals surface area contributed by atoms with Crippen LogP contribution >= 0.6 is 11.6 Å². The molecule has 8 heteroatoms. The number of hydrogen-bond donors (Lipinski definition) is 0. The van der Waals surface area contributed by atoms with Crippen molar-refractivity contribution in [3.63, 3.8) is 0 Å². The molecule has 0 N–H and O–H groups in total. The lowest BCUT2D eigenvalue weighted by Gasteiger charge is -2.20. The third kappa shape index (κ3) is 3.64. The molecule has 3 aromatic rings. The second-order valence-electron chi connectivity index (χ2n) is 8.69. The van der Waals surface area contributed by atoms with Gasteiger partial charge in [-0.3, -0.25) is 9.78 Å². The molecule has 0 radical (unpaired) electrons. The van der Waals surface area contributed by atoms with Crippen LogP contribution in [0, 0.1) is 0 Å². The number of nitrogens with zero attached hydrogens (tertiary/aromatic N) is 3. The molecule has 6 nitrogen and oxygen atoms in total. The van der Waals surface area contributed by atoms with Crippen LogP contribution in [0.5, 0.6) is 0 Å². The van der Waals surface area contributed by atoms with Gasteiger partial charge in [0.1, 0.15) is 9.84 Å². The maximum Gasteiger partial charge on any atom is 0.238 e. The second-order valence-corrected chi connectivity index (χ2v) is 11.4. The molecule has 1 spiro atoms. The molecule has 0 atom stereocenters. The van der Waals surface area contributed by atoms with Crippen LogP contribution in [0.2, 0.25) is 5.02 Å². The summed E-state index contributed by atoms with van der Waals surface area (Å²) in [5.74, 6) is 0.335. The van der Waals surface area contributed by atoms with E-state index in [1.165, 1.54) is 6.26 Å². The largest absolute Gasteiger partial charge is 0.343 e. The van der Waals surface area contributed by atoms with Crippen LogP contribution in [0.25, 0.3) is 10.9 Å². The molecule has 0 saturated heterocycles. The summed E-state index contributed by atoms with van der Waals surface area (Å²) >= 11 is 6.21. The Hall–Kier alpha value is -2.38. The van der Waals surface area contributed by atoms with Crippen molar-refractivity contribution >= 4 is 43.9 Å². The molecule has 3 heterocycles. The van der Waals surface area contributed by atoms with E-state index in [-0.39, 0.29) is 17.1 Å². The molecule has 31 heavy (non-hydrogen) atoms. The topological polar surface area (TPSA) is 72.3 Å². The number of pyridine rings is 1. The SMILES string of the molecule is CS(=O)(=O)CCCCn1c(CN2C(=O)C3(CC3)c3ccncc32)cc2cc(Cl)ccc21. The summed E-state index contributed by atoms with van der Waals surface area (Å²) in [6, 6.07) is 9.83. The molecule has 1 fully saturated rings. The highest BCUT2D eigenvalue weighted by Crippen LogP contribution is 2.57. The highest BCUT2D eigenvalue weighted by atomic mass is 35.5. The normalized spacial score (nSPS) is 17.0. The highest BCUT2D eigenvalue weighted by molar-refractivity contribution is 7.90. The number of sulfone groups is 1. The van der Waals surface area contributed by atoms with Crippen LogP contribution in [0.4, 0.5) is 5.69 Å². The average molecular weight is 458 g/mol. The van der Waals surface area contributed by atoms with Crippen LogP contribution in [0.15, 0.2) is 42.7 Å². The molecule has 2 aromatic heterocycles. The Morgan fingerprint density at radius 3 is 2.71 bits per heavy atom. The summed E-state index contributed by atoms with van der Waals surface area (Å²) in [5.41, 5.74) is 3.69. The predicted molar refractivity (Wildman–Crippen MR) is 122 cm³/mol. The van der Waals surface area contributed by atoms with E-state index in [2.05, 4.69) is 15.6 Å². The van der Waals surface area contributed by atoms with Gasteiger partial charge in [-0.25, -0.2) is 8.42 Å². The number of fused-ring (bicyclic) bond motifs is 3. The number of carbonyl (C=O) groups excluding carboxylic acids is 1. The van der Waals surface area contributed by atoms with Gasteiger partial charge in [0.15, 0.2) is 0 Å². The number of halogens is 1. The minimum atomic E-state index is -2.98. The molecule has 0 bridgehead atoms. The van der Waals surface area contributed by atoms with Crippen LogP contribution < -0.4 is 4.90 Å². The second kappa shape index (κ2) is 7.35. The first-order valence-electron chi connectivity index (χ1n) is 10.5. The Morgan fingerprint density at radius 1 is 1.16 bits per heavy atom. The Bertz CT molecular complexity index is 1290. The van der Waals surface area contributed by atoms with Crippen molar-refractivity contribution in [2.75, 3.05) is 16.9 Å². The van der Waals surface area contributed by atoms with E-state index in [0.29, 0.717) is 24.5 Å². The van der Waals surface area contributed by atoms with Gasteiger partial charge in [-0.15, -0.1) is 0 Å². The molecule has 1 aromatic carbocycles. The van der Waals surface area contributed by atoms with E-state index < -0.39 is 9.84 Å². The summed E-state index contributed by atoms with van der Waals surface area (Å²) in [5, 5.41) is 1.68. The molecular weight excluding hydrogens is 434 g/mol. The van der Waals surface area contributed by atoms with Gasteiger partial charge >= 0.3 is 0 Å². The third-order valence-corrected chi connectivity index (χ3v) is 7.69. The van der Waals surface area contributed by atoms with Crippen LogP contribution in [-0.4, -0.2) is 35.9 Å². The third-order valence-electron chi connectivity index (χ3n) is 6.43. The first-order valence-corrected chi connectivity index (χ1v) is 12.9. The fraction of sp³-hybridized carbons (Fsp3) is 0.391. The minimum absolute atomic E-state index is 0.155. The van der Waals surface area contributed by atoms with Crippen LogP contribution in [0.3, 0.4) is 0 Å². The number of unbranched alkanes of at least 4 members (excludes halogenated alkanes) is 1. The summed E-state index contributed by atoms with van der Waals surface area (Å²) in [6.07, 6.45) is 7.94. The number of hydrogen-bond acceptors (Lipinski definition) is 4. The Balaban J connectivity index is 1.47. The first kappa shape index (κ1) is 20.5. The molecule has 5 rings (SSSR count). The standard InChI is InChI=1S/C23H24ClN3O3S/c1-31(29,30)11-3-2-10-26-18(13-16-12-17(24)4-5-20(16)26)15-27-21-14-25-9-6-19(21)23(7-8-23)22(27)28/h4-6,9,12-14H,2-3,7-8,10-11,15H2,1H3. The zero-order valence-electron chi connectivity index (χ0n) is 17.3. The fourth-order valence-corrected chi connectivity index (χ4v) is 5.65. The molecule has 1 aliphatic heterocycles. The van der Waals surface area contributed by atoms with Gasteiger partial charge in [0, 0.05) is 46.4 Å². The van der Waals surface area contributed by atoms with Gasteiger partial charge in [-0.05, 0) is 61.6 Å². The minimum Gasteiger partial charge on any atom is -0.343 e. The van der Waals surface area contributed by atoms with Gasteiger partial charge < -0.3 is 9.47 Å². The van der Waals surface area contributed by atoms with Gasteiger partial charge in [-0.2, -0.15) is 0 Å². The fourth-order valence-electron chi connectivity index (χ4n) is 4.74. The van der Waals surface area contributed by atoms with E-state index in [1.807, 2.05) is 29.2 Å². The summed E-state index contributed by atoms with van der Waals surface area (Å²) in [4.78, 5) is 19.4. The first-order chi connectivity index (χ1) is 14.8. The van der Waals surface area contributed by atoms with Gasteiger partial charge in [-0.1, -0.05) is 11.6 Å². The lowest BCUT2D eigenvalue weighted by atomic mass is 9.99. The summed E-state index contributed by atoms with van der Waals surface area (Å²) < 4.78 is 25.2. The van der Waals surface area contributed by atoms with Crippen molar-refractivity contribution < 1.29 is 13.2 Å². The summed E-state index contributed by atoms with van der Waals surface area (Å²) in [7, 11) is -2.98. The number of amides is 1. The number of anilines is 1. The van der Waals surface area contributed by atoms with Crippen molar-refractivity contribution in [1.82, 2.24) is 9.55 Å². The zero-order valence-corrected chi connectivity index (χ0v) is 18.9. The van der Waals surface area contributed by atoms with E-state index in [1.54, 1.807) is 12.4 Å². The molecule has 1 amide bonds. The van der Waals surface area contributed by atoms with E-state index in [0.717, 1.165) is 47.1 Å². The average Bonchev–Trinajstić information content (AvgIpc) is 3.41. The molecule has 1 aliphatic carbocycles. The van der Waals surface area contributed by atoms with Crippen molar-refractivity contribution in [3.05, 3.63) is 59.0 Å². The maximum atomic E-state index is 13.3. The summed E-state index contributed by atoms with van der Waals surface area (Å²) in [6.45, 7) is 1.14. The molecule has 2 aliphatic rings. The van der Waals surface area contributed by atoms with E-state index in [4.69, 9.17) is 11.6 Å². The molecule has 1 saturated carbocycles. The van der Waals surface area contributed by atoms with Crippen molar-refractivity contribution in [1.29, 1.82) is 0 Å². The number of rotatable bonds is 7. The molecular formula is C23H24ClN3O3S. The van der Waals surface area contributed by atoms with Crippen molar-refractivity contribution in [2.45, 2.75) is 44.2 Å². The van der Waals surface area contributed by atoms with Gasteiger partial charge in [0.05, 0.1) is 23.8 Å². The van der Waals surface area contributed by atoms with Gasteiger partial charge in [0.2, 0.25) is 5.91 Å². The smallest absolute Gasteiger partial charge is 0.238 e. The highest BCUT2D eigenvalue weighted by Gasteiger charge is 2.59. The number of aromatic nitrogens is 2. The lowest BCUT2D eigenvalue weighted by molar-refractivity contribution is -0.120. The van der Waals surface area contributed by atoms with Gasteiger partial charge in [0.25, 0.3) is 0 Å². The monoisotopic (exact) mass is 457 g/mol. The van der Waals surface area contributed by atoms with E-state index >= 15 is 0 Å². The Kier molecular flexibility index (Phi) is 4.86. The number of carbonyl (C=O) groups is 1. The molecule has 0 unspecified atom stereocenters. The molecule has 162 valence electrons.